The van der Waals surface area contributed by atoms with Crippen molar-refractivity contribution >= 4 is 11.9 Å². The van der Waals surface area contributed by atoms with Crippen LogP contribution in [-0.4, -0.2) is 43.1 Å². The number of hydrogen-bond acceptors (Lipinski definition) is 5. The summed E-state index contributed by atoms with van der Waals surface area (Å²) in [6.45, 7) is 1.83. The molecule has 19 heavy (non-hydrogen) atoms. The zero-order valence-corrected chi connectivity index (χ0v) is 10.8. The minimum Gasteiger partial charge on any atom is -0.465 e. The van der Waals surface area contributed by atoms with Crippen LogP contribution < -0.4 is 10.6 Å². The third kappa shape index (κ3) is 3.51. The van der Waals surface area contributed by atoms with Crippen molar-refractivity contribution in [3.63, 3.8) is 0 Å². The average Bonchev–Trinajstić information content (AvgIpc) is 2.47. The van der Waals surface area contributed by atoms with E-state index in [-0.39, 0.29) is 11.9 Å². The number of ether oxygens (including phenoxy) is 1. The van der Waals surface area contributed by atoms with Crippen LogP contribution in [0.5, 0.6) is 0 Å². The number of carbonyl (C=O) groups is 2. The van der Waals surface area contributed by atoms with Gasteiger partial charge in [-0.15, -0.1) is 0 Å². The Bertz CT molecular complexity index is 453. The molecule has 0 bridgehead atoms. The highest BCUT2D eigenvalue weighted by molar-refractivity contribution is 5.94. The minimum atomic E-state index is -0.460. The van der Waals surface area contributed by atoms with E-state index in [0.29, 0.717) is 11.3 Å². The van der Waals surface area contributed by atoms with Crippen LogP contribution >= 0.6 is 0 Å². The molecule has 1 aliphatic heterocycles. The maximum absolute atomic E-state index is 12.0. The SMILES string of the molecule is COC(=O)c1ccc(C(=O)NC2CCNCC2)nc1. The summed E-state index contributed by atoms with van der Waals surface area (Å²) < 4.78 is 4.57. The minimum absolute atomic E-state index is 0.191. The number of carbonyl (C=O) groups excluding carboxylic acids is 2. The third-order valence-electron chi connectivity index (χ3n) is 3.09. The van der Waals surface area contributed by atoms with Gasteiger partial charge in [-0.2, -0.15) is 0 Å². The number of pyridine rings is 1. The lowest BCUT2D eigenvalue weighted by atomic mass is 10.1. The van der Waals surface area contributed by atoms with E-state index in [4.69, 9.17) is 0 Å². The predicted molar refractivity (Wildman–Crippen MR) is 68.9 cm³/mol. The number of rotatable bonds is 3. The lowest BCUT2D eigenvalue weighted by Crippen LogP contribution is -2.42. The lowest BCUT2D eigenvalue weighted by Gasteiger charge is -2.23. The van der Waals surface area contributed by atoms with Gasteiger partial charge in [0.25, 0.3) is 5.91 Å². The Morgan fingerprint density at radius 1 is 1.37 bits per heavy atom. The normalized spacial score (nSPS) is 15.8. The highest BCUT2D eigenvalue weighted by atomic mass is 16.5. The molecule has 0 radical (unpaired) electrons. The van der Waals surface area contributed by atoms with Gasteiger partial charge in [0.1, 0.15) is 5.69 Å². The molecule has 1 saturated heterocycles. The van der Waals surface area contributed by atoms with Crippen LogP contribution in [0.1, 0.15) is 33.7 Å². The Morgan fingerprint density at radius 3 is 2.68 bits per heavy atom. The van der Waals surface area contributed by atoms with Crippen LogP contribution in [0.25, 0.3) is 0 Å². The molecule has 1 aromatic rings. The summed E-state index contributed by atoms with van der Waals surface area (Å²) in [5.74, 6) is -0.666. The summed E-state index contributed by atoms with van der Waals surface area (Å²) in [5, 5.41) is 6.18. The highest BCUT2D eigenvalue weighted by Crippen LogP contribution is 2.05. The number of nitrogens with zero attached hydrogens (tertiary/aromatic N) is 1. The first kappa shape index (κ1) is 13.5. The van der Waals surface area contributed by atoms with Gasteiger partial charge in [-0.1, -0.05) is 0 Å². The predicted octanol–water partition coefficient (Wildman–Crippen LogP) is 0.350. The molecule has 1 fully saturated rings. The number of esters is 1. The standard InChI is InChI=1S/C13H17N3O3/c1-19-13(18)9-2-3-11(15-8-9)12(17)16-10-4-6-14-7-5-10/h2-3,8,10,14H,4-7H2,1H3,(H,16,17). The second-order valence-corrected chi connectivity index (χ2v) is 4.42. The van der Waals surface area contributed by atoms with Crippen molar-refractivity contribution in [3.05, 3.63) is 29.6 Å². The molecule has 0 unspecified atom stereocenters. The Hall–Kier alpha value is -1.95. The van der Waals surface area contributed by atoms with E-state index in [1.54, 1.807) is 0 Å². The molecule has 0 aromatic carbocycles. The number of methoxy groups -OCH3 is 1. The van der Waals surface area contributed by atoms with Gasteiger partial charge in [0.15, 0.2) is 0 Å². The first-order chi connectivity index (χ1) is 9.20. The van der Waals surface area contributed by atoms with E-state index in [2.05, 4.69) is 20.4 Å². The summed E-state index contributed by atoms with van der Waals surface area (Å²) in [4.78, 5) is 27.2. The van der Waals surface area contributed by atoms with Crippen molar-refractivity contribution in [1.82, 2.24) is 15.6 Å². The molecule has 0 saturated carbocycles. The molecule has 1 aromatic heterocycles. The molecule has 0 aliphatic carbocycles. The lowest BCUT2D eigenvalue weighted by molar-refractivity contribution is 0.0599. The number of nitrogens with one attached hydrogen (secondary N) is 2. The fraction of sp³-hybridized carbons (Fsp3) is 0.462. The van der Waals surface area contributed by atoms with Gasteiger partial charge in [-0.25, -0.2) is 4.79 Å². The smallest absolute Gasteiger partial charge is 0.339 e. The summed E-state index contributed by atoms with van der Waals surface area (Å²) in [5.41, 5.74) is 0.645. The van der Waals surface area contributed by atoms with Crippen molar-refractivity contribution in [2.24, 2.45) is 0 Å². The maximum atomic E-state index is 12.0. The van der Waals surface area contributed by atoms with Crippen molar-refractivity contribution in [2.75, 3.05) is 20.2 Å². The fourth-order valence-corrected chi connectivity index (χ4v) is 1.99. The third-order valence-corrected chi connectivity index (χ3v) is 3.09. The Morgan fingerprint density at radius 2 is 2.11 bits per heavy atom. The van der Waals surface area contributed by atoms with Crippen LogP contribution in [0.4, 0.5) is 0 Å². The molecule has 6 heteroatoms. The first-order valence-corrected chi connectivity index (χ1v) is 6.26. The van der Waals surface area contributed by atoms with Gasteiger partial charge in [0, 0.05) is 12.2 Å². The largest absolute Gasteiger partial charge is 0.465 e. The molecule has 0 atom stereocenters. The number of amides is 1. The zero-order valence-electron chi connectivity index (χ0n) is 10.8. The molecule has 2 rings (SSSR count). The molecular formula is C13H17N3O3. The Kier molecular flexibility index (Phi) is 4.46. The van der Waals surface area contributed by atoms with E-state index >= 15 is 0 Å². The number of hydrogen-bond donors (Lipinski definition) is 2. The average molecular weight is 263 g/mol. The molecular weight excluding hydrogens is 246 g/mol. The van der Waals surface area contributed by atoms with Crippen molar-refractivity contribution in [1.29, 1.82) is 0 Å². The first-order valence-electron chi connectivity index (χ1n) is 6.26. The summed E-state index contributed by atoms with van der Waals surface area (Å²) >= 11 is 0. The monoisotopic (exact) mass is 263 g/mol. The fourth-order valence-electron chi connectivity index (χ4n) is 1.99. The zero-order chi connectivity index (χ0) is 13.7. The Labute approximate surface area is 111 Å². The van der Waals surface area contributed by atoms with Gasteiger partial charge in [0.05, 0.1) is 12.7 Å². The number of piperidine rings is 1. The van der Waals surface area contributed by atoms with Crippen LogP contribution in [-0.2, 0) is 4.74 Å². The van der Waals surface area contributed by atoms with Crippen molar-refractivity contribution in [2.45, 2.75) is 18.9 Å². The van der Waals surface area contributed by atoms with Crippen LogP contribution in [0.15, 0.2) is 18.3 Å². The maximum Gasteiger partial charge on any atom is 0.339 e. The van der Waals surface area contributed by atoms with Crippen LogP contribution in [0, 0.1) is 0 Å². The van der Waals surface area contributed by atoms with Crippen molar-refractivity contribution < 1.29 is 14.3 Å². The van der Waals surface area contributed by atoms with Gasteiger partial charge < -0.3 is 15.4 Å². The van der Waals surface area contributed by atoms with Gasteiger partial charge in [-0.05, 0) is 38.1 Å². The molecule has 6 nitrogen and oxygen atoms in total. The molecule has 102 valence electrons. The molecule has 2 N–H and O–H groups in total. The highest BCUT2D eigenvalue weighted by Gasteiger charge is 2.17. The second kappa shape index (κ2) is 6.29. The van der Waals surface area contributed by atoms with Gasteiger partial charge in [-0.3, -0.25) is 9.78 Å². The molecule has 2 heterocycles. The Balaban J connectivity index is 1.97. The van der Waals surface area contributed by atoms with Crippen molar-refractivity contribution in [3.8, 4) is 0 Å². The van der Waals surface area contributed by atoms with Crippen LogP contribution in [0.3, 0.4) is 0 Å². The topological polar surface area (TPSA) is 80.3 Å². The summed E-state index contributed by atoms with van der Waals surface area (Å²) in [7, 11) is 1.31. The van der Waals surface area contributed by atoms with E-state index in [9.17, 15) is 9.59 Å². The van der Waals surface area contributed by atoms with Crippen LogP contribution in [0.2, 0.25) is 0 Å². The summed E-state index contributed by atoms with van der Waals surface area (Å²) in [6.07, 6.45) is 3.20. The quantitative estimate of drug-likeness (QED) is 0.769. The van der Waals surface area contributed by atoms with Gasteiger partial charge >= 0.3 is 5.97 Å². The van der Waals surface area contributed by atoms with Gasteiger partial charge in [0.2, 0.25) is 0 Å². The molecule has 0 spiro atoms. The molecule has 1 aliphatic rings. The summed E-state index contributed by atoms with van der Waals surface area (Å²) in [6, 6.07) is 3.26. The number of aromatic nitrogens is 1. The van der Waals surface area contributed by atoms with E-state index in [0.717, 1.165) is 25.9 Å². The van der Waals surface area contributed by atoms with E-state index < -0.39 is 5.97 Å². The van der Waals surface area contributed by atoms with E-state index in [1.807, 2.05) is 0 Å². The molecule has 1 amide bonds. The van der Waals surface area contributed by atoms with E-state index in [1.165, 1.54) is 25.4 Å². The second-order valence-electron chi connectivity index (χ2n) is 4.42.